The molecule has 98 valence electrons. The van der Waals surface area contributed by atoms with E-state index in [1.165, 1.54) is 0 Å². The molecule has 0 fully saturated rings. The van der Waals surface area contributed by atoms with E-state index in [1.807, 2.05) is 28.9 Å². The van der Waals surface area contributed by atoms with E-state index in [-0.39, 0.29) is 12.4 Å². The molecule has 1 heterocycles. The smallest absolute Gasteiger partial charge is 0.120 e. The van der Waals surface area contributed by atoms with Crippen molar-refractivity contribution in [2.24, 2.45) is 0 Å². The highest BCUT2D eigenvalue weighted by molar-refractivity contribution is 5.85. The number of para-hydroxylation sites is 1. The van der Waals surface area contributed by atoms with E-state index >= 15 is 0 Å². The molecule has 0 spiro atoms. The Morgan fingerprint density at radius 2 is 2.00 bits per heavy atom. The Morgan fingerprint density at radius 3 is 2.72 bits per heavy atom. The number of aromatic nitrogens is 2. The number of aromatic hydroxyl groups is 1. The molecule has 0 saturated carbocycles. The molecule has 0 radical (unpaired) electrons. The van der Waals surface area contributed by atoms with E-state index in [0.29, 0.717) is 12.3 Å². The maximum Gasteiger partial charge on any atom is 0.120 e. The highest BCUT2D eigenvalue weighted by Gasteiger charge is 2.02. The first-order valence-corrected chi connectivity index (χ1v) is 5.79. The van der Waals surface area contributed by atoms with E-state index in [0.717, 1.165) is 24.3 Å². The maximum absolute atomic E-state index is 9.61. The number of nitrogens with zero attached hydrogens (tertiary/aromatic N) is 2. The van der Waals surface area contributed by atoms with Crippen molar-refractivity contribution in [3.8, 4) is 5.75 Å². The van der Waals surface area contributed by atoms with E-state index in [1.54, 1.807) is 12.3 Å². The SMILES string of the molecule is CCn1nccc1CNCc1ccccc1O.Cl. The second-order valence-corrected chi connectivity index (χ2v) is 3.87. The first-order valence-electron chi connectivity index (χ1n) is 5.79. The summed E-state index contributed by atoms with van der Waals surface area (Å²) in [5, 5.41) is 17.1. The van der Waals surface area contributed by atoms with Crippen LogP contribution in [-0.2, 0) is 19.6 Å². The quantitative estimate of drug-likeness (QED) is 0.874. The molecule has 0 atom stereocenters. The van der Waals surface area contributed by atoms with E-state index in [2.05, 4.69) is 17.3 Å². The van der Waals surface area contributed by atoms with Crippen molar-refractivity contribution in [1.29, 1.82) is 0 Å². The Labute approximate surface area is 113 Å². The number of aryl methyl sites for hydroxylation is 1. The molecule has 1 aromatic carbocycles. The highest BCUT2D eigenvalue weighted by Crippen LogP contribution is 2.14. The van der Waals surface area contributed by atoms with E-state index in [4.69, 9.17) is 0 Å². The number of benzene rings is 1. The van der Waals surface area contributed by atoms with Crippen molar-refractivity contribution in [1.82, 2.24) is 15.1 Å². The predicted molar refractivity (Wildman–Crippen MR) is 73.8 cm³/mol. The molecule has 0 bridgehead atoms. The molecule has 5 heteroatoms. The lowest BCUT2D eigenvalue weighted by Gasteiger charge is -2.08. The Kier molecular flexibility index (Phi) is 5.68. The third-order valence-electron chi connectivity index (χ3n) is 2.72. The van der Waals surface area contributed by atoms with Crippen molar-refractivity contribution in [2.75, 3.05) is 0 Å². The Hall–Kier alpha value is -1.52. The average Bonchev–Trinajstić information content (AvgIpc) is 2.79. The van der Waals surface area contributed by atoms with Gasteiger partial charge in [-0.2, -0.15) is 5.10 Å². The number of rotatable bonds is 5. The zero-order valence-electron chi connectivity index (χ0n) is 10.3. The number of hydrogen-bond donors (Lipinski definition) is 2. The second kappa shape index (κ2) is 7.03. The minimum atomic E-state index is 0. The van der Waals surface area contributed by atoms with Crippen molar-refractivity contribution in [3.63, 3.8) is 0 Å². The summed E-state index contributed by atoms with van der Waals surface area (Å²) < 4.78 is 1.96. The lowest BCUT2D eigenvalue weighted by atomic mass is 10.2. The number of halogens is 1. The monoisotopic (exact) mass is 267 g/mol. The van der Waals surface area contributed by atoms with Crippen LogP contribution in [-0.4, -0.2) is 14.9 Å². The molecule has 4 nitrogen and oxygen atoms in total. The molecule has 2 aromatic rings. The van der Waals surface area contributed by atoms with Crippen molar-refractivity contribution < 1.29 is 5.11 Å². The minimum absolute atomic E-state index is 0. The van der Waals surface area contributed by atoms with Gasteiger partial charge >= 0.3 is 0 Å². The molecule has 2 N–H and O–H groups in total. The van der Waals surface area contributed by atoms with Crippen molar-refractivity contribution in [3.05, 3.63) is 47.8 Å². The van der Waals surface area contributed by atoms with Crippen LogP contribution in [0.4, 0.5) is 0 Å². The molecule has 0 aliphatic carbocycles. The summed E-state index contributed by atoms with van der Waals surface area (Å²) in [7, 11) is 0. The van der Waals surface area contributed by atoms with E-state index in [9.17, 15) is 5.11 Å². The fourth-order valence-corrected chi connectivity index (χ4v) is 1.78. The van der Waals surface area contributed by atoms with Crippen LogP contribution in [0.3, 0.4) is 0 Å². The summed E-state index contributed by atoms with van der Waals surface area (Å²) in [5.41, 5.74) is 2.07. The van der Waals surface area contributed by atoms with Gasteiger partial charge in [-0.1, -0.05) is 18.2 Å². The van der Waals surface area contributed by atoms with Crippen LogP contribution in [0.2, 0.25) is 0 Å². The van der Waals surface area contributed by atoms with Crippen molar-refractivity contribution in [2.45, 2.75) is 26.6 Å². The van der Waals surface area contributed by atoms with Crippen LogP contribution in [0.5, 0.6) is 5.75 Å². The third-order valence-corrected chi connectivity index (χ3v) is 2.72. The third kappa shape index (κ3) is 3.48. The van der Waals surface area contributed by atoms with Gasteiger partial charge in [0.05, 0.1) is 5.69 Å². The van der Waals surface area contributed by atoms with Gasteiger partial charge in [0.25, 0.3) is 0 Å². The van der Waals surface area contributed by atoms with Crippen LogP contribution in [0.25, 0.3) is 0 Å². The average molecular weight is 268 g/mol. The summed E-state index contributed by atoms with van der Waals surface area (Å²) in [6, 6.07) is 9.37. The normalized spacial score (nSPS) is 10.1. The van der Waals surface area contributed by atoms with Crippen LogP contribution in [0.15, 0.2) is 36.5 Å². The molecule has 0 saturated heterocycles. The number of hydrogen-bond acceptors (Lipinski definition) is 3. The molecule has 2 rings (SSSR count). The van der Waals surface area contributed by atoms with Crippen LogP contribution < -0.4 is 5.32 Å². The number of phenols is 1. The molecule has 18 heavy (non-hydrogen) atoms. The van der Waals surface area contributed by atoms with Gasteiger partial charge in [0.2, 0.25) is 0 Å². The molecular formula is C13H18ClN3O. The minimum Gasteiger partial charge on any atom is -0.508 e. The highest BCUT2D eigenvalue weighted by atomic mass is 35.5. The molecule has 0 unspecified atom stereocenters. The van der Waals surface area contributed by atoms with Gasteiger partial charge in [0.1, 0.15) is 5.75 Å². The summed E-state index contributed by atoms with van der Waals surface area (Å²) in [6.07, 6.45) is 1.81. The van der Waals surface area contributed by atoms with Crippen LogP contribution in [0.1, 0.15) is 18.2 Å². The van der Waals surface area contributed by atoms with Gasteiger partial charge in [-0.25, -0.2) is 0 Å². The van der Waals surface area contributed by atoms with Gasteiger partial charge in [-0.15, -0.1) is 12.4 Å². The molecular weight excluding hydrogens is 250 g/mol. The molecule has 0 amide bonds. The fraction of sp³-hybridized carbons (Fsp3) is 0.308. The summed E-state index contributed by atoms with van der Waals surface area (Å²) in [6.45, 7) is 4.35. The first kappa shape index (κ1) is 14.5. The summed E-state index contributed by atoms with van der Waals surface area (Å²) >= 11 is 0. The number of nitrogens with one attached hydrogen (secondary N) is 1. The van der Waals surface area contributed by atoms with Crippen LogP contribution >= 0.6 is 12.4 Å². The van der Waals surface area contributed by atoms with Crippen molar-refractivity contribution >= 4 is 12.4 Å². The maximum atomic E-state index is 9.61. The lowest BCUT2D eigenvalue weighted by Crippen LogP contribution is -2.16. The Bertz CT molecular complexity index is 485. The van der Waals surface area contributed by atoms with E-state index < -0.39 is 0 Å². The first-order chi connectivity index (χ1) is 8.31. The van der Waals surface area contributed by atoms with Gasteiger partial charge in [0, 0.05) is 31.4 Å². The summed E-state index contributed by atoms with van der Waals surface area (Å²) in [4.78, 5) is 0. The largest absolute Gasteiger partial charge is 0.508 e. The molecule has 0 aliphatic rings. The molecule has 1 aromatic heterocycles. The topological polar surface area (TPSA) is 50.1 Å². The van der Waals surface area contributed by atoms with Crippen LogP contribution in [0, 0.1) is 0 Å². The number of phenolic OH excluding ortho intramolecular Hbond substituents is 1. The standard InChI is InChI=1S/C13H17N3O.ClH/c1-2-16-12(7-8-15-16)10-14-9-11-5-3-4-6-13(11)17;/h3-8,14,17H,2,9-10H2,1H3;1H. The van der Waals surface area contributed by atoms with Gasteiger partial charge in [-0.05, 0) is 19.1 Å². The zero-order chi connectivity index (χ0) is 12.1. The zero-order valence-corrected chi connectivity index (χ0v) is 11.2. The lowest BCUT2D eigenvalue weighted by molar-refractivity contribution is 0.463. The second-order valence-electron chi connectivity index (χ2n) is 3.87. The fourth-order valence-electron chi connectivity index (χ4n) is 1.78. The van der Waals surface area contributed by atoms with Gasteiger partial charge in [-0.3, -0.25) is 4.68 Å². The van der Waals surface area contributed by atoms with Gasteiger partial charge in [0.15, 0.2) is 0 Å². The molecule has 0 aliphatic heterocycles. The van der Waals surface area contributed by atoms with Gasteiger partial charge < -0.3 is 10.4 Å². The Balaban J connectivity index is 0.00000162. The Morgan fingerprint density at radius 1 is 1.22 bits per heavy atom. The predicted octanol–water partition coefficient (Wildman–Crippen LogP) is 2.32. The summed E-state index contributed by atoms with van der Waals surface area (Å²) in [5.74, 6) is 0.337.